The molecule has 1 saturated carbocycles. The molecule has 1 aromatic heterocycles. The van der Waals surface area contributed by atoms with Crippen molar-refractivity contribution >= 4 is 17.5 Å². The third-order valence-electron chi connectivity index (χ3n) is 3.66. The largest absolute Gasteiger partial charge is 0.433 e. The number of amides is 1. The molecule has 1 aliphatic rings. The van der Waals surface area contributed by atoms with Gasteiger partial charge in [-0.1, -0.05) is 31.4 Å². The number of hydrogen-bond donors (Lipinski definition) is 1. The maximum absolute atomic E-state index is 12.5. The van der Waals surface area contributed by atoms with Crippen LogP contribution < -0.4 is 5.32 Å². The molecule has 1 N–H and O–H groups in total. The Kier molecular flexibility index (Phi) is 4.76. The molecule has 0 saturated heterocycles. The van der Waals surface area contributed by atoms with Crippen molar-refractivity contribution in [3.05, 3.63) is 28.5 Å². The highest BCUT2D eigenvalue weighted by molar-refractivity contribution is 6.32. The Morgan fingerprint density at radius 1 is 1.38 bits per heavy atom. The monoisotopic (exact) mass is 320 g/mol. The summed E-state index contributed by atoms with van der Waals surface area (Å²) in [5, 5.41) is 2.40. The molecular formula is C14H16ClF3N2O. The quantitative estimate of drug-likeness (QED) is 0.835. The molecule has 1 fully saturated rings. The van der Waals surface area contributed by atoms with E-state index >= 15 is 0 Å². The predicted molar refractivity (Wildman–Crippen MR) is 73.1 cm³/mol. The molecule has 0 aliphatic heterocycles. The normalized spacial score (nSPS) is 22.9. The van der Waals surface area contributed by atoms with Crippen molar-refractivity contribution in [3.8, 4) is 0 Å². The fraction of sp³-hybridized carbons (Fsp3) is 0.571. The van der Waals surface area contributed by atoms with E-state index in [1.807, 2.05) is 0 Å². The molecule has 0 spiro atoms. The lowest BCUT2D eigenvalue weighted by atomic mass is 9.87. The second-order valence-electron chi connectivity index (χ2n) is 5.47. The van der Waals surface area contributed by atoms with E-state index in [0.717, 1.165) is 37.8 Å². The Balaban J connectivity index is 2.09. The number of halogens is 4. The van der Waals surface area contributed by atoms with Gasteiger partial charge in [0.15, 0.2) is 0 Å². The molecule has 7 heteroatoms. The van der Waals surface area contributed by atoms with Crippen LogP contribution in [0.5, 0.6) is 0 Å². The highest BCUT2D eigenvalue weighted by Crippen LogP contribution is 2.29. The van der Waals surface area contributed by atoms with Crippen LogP contribution in [-0.4, -0.2) is 16.9 Å². The second kappa shape index (κ2) is 6.22. The van der Waals surface area contributed by atoms with E-state index in [0.29, 0.717) is 5.92 Å². The number of nitrogens with one attached hydrogen (secondary N) is 1. The van der Waals surface area contributed by atoms with Crippen LogP contribution in [0.15, 0.2) is 12.1 Å². The van der Waals surface area contributed by atoms with Gasteiger partial charge >= 0.3 is 6.18 Å². The predicted octanol–water partition coefficient (Wildman–Crippen LogP) is 4.06. The molecular weight excluding hydrogens is 305 g/mol. The summed E-state index contributed by atoms with van der Waals surface area (Å²) >= 11 is 5.70. The summed E-state index contributed by atoms with van der Waals surface area (Å²) in [5.74, 6) is 0.0607. The van der Waals surface area contributed by atoms with Gasteiger partial charge in [0.2, 0.25) is 0 Å². The maximum Gasteiger partial charge on any atom is 0.433 e. The molecule has 1 aromatic rings. The SMILES string of the molecule is C[C@H]1CCC[C@H](NC(=O)c2ccc(C(F)(F)F)nc2Cl)C1. The average molecular weight is 321 g/mol. The number of alkyl halides is 3. The molecule has 1 heterocycles. The minimum atomic E-state index is -4.57. The first-order chi connectivity index (χ1) is 9.77. The molecule has 116 valence electrons. The minimum Gasteiger partial charge on any atom is -0.349 e. The first-order valence-electron chi connectivity index (χ1n) is 6.82. The summed E-state index contributed by atoms with van der Waals surface area (Å²) in [6.07, 6.45) is -0.656. The van der Waals surface area contributed by atoms with Crippen LogP contribution in [0.1, 0.15) is 48.7 Å². The van der Waals surface area contributed by atoms with Gasteiger partial charge < -0.3 is 5.32 Å². The third-order valence-corrected chi connectivity index (χ3v) is 3.94. The number of aromatic nitrogens is 1. The number of carbonyl (C=O) groups excluding carboxylic acids is 1. The van der Waals surface area contributed by atoms with Crippen LogP contribution >= 0.6 is 11.6 Å². The molecule has 2 rings (SSSR count). The Hall–Kier alpha value is -1.30. The van der Waals surface area contributed by atoms with Crippen LogP contribution in [-0.2, 0) is 6.18 Å². The maximum atomic E-state index is 12.5. The van der Waals surface area contributed by atoms with Crippen LogP contribution in [0.3, 0.4) is 0 Å². The lowest BCUT2D eigenvalue weighted by Gasteiger charge is -2.27. The van der Waals surface area contributed by atoms with E-state index in [1.54, 1.807) is 0 Å². The fourth-order valence-electron chi connectivity index (χ4n) is 2.59. The van der Waals surface area contributed by atoms with Gasteiger partial charge in [0.05, 0.1) is 5.56 Å². The van der Waals surface area contributed by atoms with Gasteiger partial charge in [-0.05, 0) is 30.9 Å². The van der Waals surface area contributed by atoms with Gasteiger partial charge in [-0.3, -0.25) is 4.79 Å². The first-order valence-corrected chi connectivity index (χ1v) is 7.19. The van der Waals surface area contributed by atoms with Crippen molar-refractivity contribution in [1.29, 1.82) is 0 Å². The molecule has 0 bridgehead atoms. The van der Waals surface area contributed by atoms with Gasteiger partial charge in [0.1, 0.15) is 10.8 Å². The van der Waals surface area contributed by atoms with Gasteiger partial charge in [-0.25, -0.2) is 4.98 Å². The highest BCUT2D eigenvalue weighted by atomic mass is 35.5. The number of pyridine rings is 1. The summed E-state index contributed by atoms with van der Waals surface area (Å²) in [4.78, 5) is 15.3. The summed E-state index contributed by atoms with van der Waals surface area (Å²) in [6, 6.07) is 1.88. The van der Waals surface area contributed by atoms with Crippen LogP contribution in [0.4, 0.5) is 13.2 Å². The summed E-state index contributed by atoms with van der Waals surface area (Å²) in [6.45, 7) is 2.12. The van der Waals surface area contributed by atoms with Gasteiger partial charge in [-0.15, -0.1) is 0 Å². The van der Waals surface area contributed by atoms with Crippen molar-refractivity contribution in [3.63, 3.8) is 0 Å². The number of rotatable bonds is 2. The molecule has 0 radical (unpaired) electrons. The lowest BCUT2D eigenvalue weighted by molar-refractivity contribution is -0.141. The zero-order valence-electron chi connectivity index (χ0n) is 11.5. The summed E-state index contributed by atoms with van der Waals surface area (Å²) in [7, 11) is 0. The zero-order valence-corrected chi connectivity index (χ0v) is 12.3. The Morgan fingerprint density at radius 2 is 2.10 bits per heavy atom. The fourth-order valence-corrected chi connectivity index (χ4v) is 2.83. The van der Waals surface area contributed by atoms with Gasteiger partial charge in [-0.2, -0.15) is 13.2 Å². The smallest absolute Gasteiger partial charge is 0.349 e. The average Bonchev–Trinajstić information content (AvgIpc) is 2.37. The Labute approximate surface area is 125 Å². The van der Waals surface area contributed by atoms with Crippen molar-refractivity contribution < 1.29 is 18.0 Å². The van der Waals surface area contributed by atoms with Crippen molar-refractivity contribution in [2.24, 2.45) is 5.92 Å². The van der Waals surface area contributed by atoms with Crippen molar-refractivity contribution in [2.75, 3.05) is 0 Å². The minimum absolute atomic E-state index is 0.0251. The molecule has 1 aliphatic carbocycles. The van der Waals surface area contributed by atoms with Crippen LogP contribution in [0, 0.1) is 5.92 Å². The van der Waals surface area contributed by atoms with Crippen molar-refractivity contribution in [1.82, 2.24) is 10.3 Å². The number of hydrogen-bond acceptors (Lipinski definition) is 2. The molecule has 21 heavy (non-hydrogen) atoms. The summed E-state index contributed by atoms with van der Waals surface area (Å²) in [5.41, 5.74) is -1.13. The van der Waals surface area contributed by atoms with E-state index in [-0.39, 0.29) is 11.6 Å². The molecule has 2 atom stereocenters. The Bertz CT molecular complexity index is 533. The molecule has 0 aromatic carbocycles. The van der Waals surface area contributed by atoms with E-state index in [2.05, 4.69) is 17.2 Å². The van der Waals surface area contributed by atoms with Crippen molar-refractivity contribution in [2.45, 2.75) is 44.8 Å². The van der Waals surface area contributed by atoms with E-state index < -0.39 is 22.9 Å². The first kappa shape index (κ1) is 16.1. The number of nitrogens with zero attached hydrogens (tertiary/aromatic N) is 1. The van der Waals surface area contributed by atoms with Crippen LogP contribution in [0.25, 0.3) is 0 Å². The van der Waals surface area contributed by atoms with Gasteiger partial charge in [0.25, 0.3) is 5.91 Å². The lowest BCUT2D eigenvalue weighted by Crippen LogP contribution is -2.38. The highest BCUT2D eigenvalue weighted by Gasteiger charge is 2.33. The van der Waals surface area contributed by atoms with E-state index in [9.17, 15) is 18.0 Å². The number of carbonyl (C=O) groups is 1. The Morgan fingerprint density at radius 3 is 2.67 bits per heavy atom. The standard InChI is InChI=1S/C14H16ClF3N2O/c1-8-3-2-4-9(7-8)19-13(21)10-5-6-11(14(16,17)18)20-12(10)15/h5-6,8-9H,2-4,7H2,1H3,(H,19,21)/t8-,9-/m0/s1. The zero-order chi connectivity index (χ0) is 15.6. The van der Waals surface area contributed by atoms with E-state index in [1.165, 1.54) is 0 Å². The van der Waals surface area contributed by atoms with E-state index in [4.69, 9.17) is 11.6 Å². The third kappa shape index (κ3) is 4.09. The molecule has 1 amide bonds. The molecule has 3 nitrogen and oxygen atoms in total. The topological polar surface area (TPSA) is 42.0 Å². The van der Waals surface area contributed by atoms with Gasteiger partial charge in [0, 0.05) is 6.04 Å². The molecule has 0 unspecified atom stereocenters. The van der Waals surface area contributed by atoms with Crippen LogP contribution in [0.2, 0.25) is 5.15 Å². The second-order valence-corrected chi connectivity index (χ2v) is 5.83. The summed E-state index contributed by atoms with van der Waals surface area (Å²) < 4.78 is 37.5.